The van der Waals surface area contributed by atoms with Crippen LogP contribution in [-0.2, 0) is 33.4 Å². The normalized spacial score (nSPS) is 18.6. The number of primary amides is 1. The first-order valence-electron chi connectivity index (χ1n) is 8.01. The first-order valence-corrected chi connectivity index (χ1v) is 8.01. The molecule has 0 unspecified atom stereocenters. The van der Waals surface area contributed by atoms with Crippen molar-refractivity contribution in [3.63, 3.8) is 0 Å². The van der Waals surface area contributed by atoms with Crippen molar-refractivity contribution in [3.8, 4) is 0 Å². The highest BCUT2D eigenvalue weighted by molar-refractivity contribution is 5.96. The van der Waals surface area contributed by atoms with Gasteiger partial charge in [0.1, 0.15) is 12.1 Å². The van der Waals surface area contributed by atoms with Crippen molar-refractivity contribution in [2.45, 2.75) is 45.2 Å². The molecule has 0 aromatic heterocycles. The highest BCUT2D eigenvalue weighted by Crippen LogP contribution is 2.15. The van der Waals surface area contributed by atoms with Crippen LogP contribution >= 0.6 is 0 Å². The Morgan fingerprint density at radius 1 is 1.24 bits per heavy atom. The Kier molecular flexibility index (Phi) is 7.83. The second-order valence-corrected chi connectivity index (χ2v) is 5.42. The molecule has 4 N–H and O–H groups in total. The molecule has 1 rings (SSSR count). The van der Waals surface area contributed by atoms with Crippen molar-refractivity contribution in [1.29, 1.82) is 0 Å². The Bertz CT molecular complexity index is 549. The lowest BCUT2D eigenvalue weighted by atomic mass is 9.95. The highest BCUT2D eigenvalue weighted by Gasteiger charge is 2.39. The Morgan fingerprint density at radius 3 is 2.36 bits per heavy atom. The molecule has 1 heterocycles. The van der Waals surface area contributed by atoms with Gasteiger partial charge in [0.25, 0.3) is 0 Å². The van der Waals surface area contributed by atoms with E-state index in [1.165, 1.54) is 0 Å². The van der Waals surface area contributed by atoms with Gasteiger partial charge in [0, 0.05) is 6.42 Å². The van der Waals surface area contributed by atoms with Gasteiger partial charge in [-0.05, 0) is 20.3 Å². The van der Waals surface area contributed by atoms with Crippen LogP contribution < -0.4 is 16.4 Å². The van der Waals surface area contributed by atoms with Gasteiger partial charge in [0.05, 0.1) is 25.6 Å². The Labute approximate surface area is 144 Å². The highest BCUT2D eigenvalue weighted by atomic mass is 16.5. The van der Waals surface area contributed by atoms with Crippen molar-refractivity contribution in [2.24, 2.45) is 11.7 Å². The fraction of sp³-hybridized carbons (Fsp3) is 0.667. The number of carbonyl (C=O) groups excluding carboxylic acids is 5. The van der Waals surface area contributed by atoms with E-state index in [4.69, 9.17) is 15.2 Å². The molecule has 1 saturated heterocycles. The van der Waals surface area contributed by atoms with Gasteiger partial charge in [-0.25, -0.2) is 0 Å². The molecule has 3 amide bonds. The van der Waals surface area contributed by atoms with E-state index in [-0.39, 0.29) is 32.0 Å². The molecule has 1 fully saturated rings. The summed E-state index contributed by atoms with van der Waals surface area (Å²) in [5.41, 5.74) is 5.29. The quantitative estimate of drug-likeness (QED) is 0.418. The lowest BCUT2D eigenvalue weighted by Crippen LogP contribution is -2.55. The molecular formula is C15H23N3O7. The molecule has 10 nitrogen and oxygen atoms in total. The molecule has 1 aliphatic rings. The molecule has 0 radical (unpaired) electrons. The van der Waals surface area contributed by atoms with Crippen molar-refractivity contribution < 1.29 is 33.4 Å². The minimum Gasteiger partial charge on any atom is -0.466 e. The summed E-state index contributed by atoms with van der Waals surface area (Å²) in [5.74, 6) is -4.85. The molecule has 3 atom stereocenters. The van der Waals surface area contributed by atoms with E-state index >= 15 is 0 Å². The number of hydrogen-bond donors (Lipinski definition) is 3. The van der Waals surface area contributed by atoms with Crippen molar-refractivity contribution >= 4 is 29.7 Å². The SMILES string of the molecule is CCOC(=O)C[C@H](C(=O)OCC)[C@@H](NC(=O)[C@H]1CCC(=O)N1)C(N)=O. The van der Waals surface area contributed by atoms with E-state index in [1.54, 1.807) is 13.8 Å². The zero-order chi connectivity index (χ0) is 19.0. The maximum absolute atomic E-state index is 12.2. The third-order valence-electron chi connectivity index (χ3n) is 3.60. The monoisotopic (exact) mass is 357 g/mol. The Morgan fingerprint density at radius 2 is 1.88 bits per heavy atom. The number of rotatable bonds is 9. The molecule has 25 heavy (non-hydrogen) atoms. The summed E-state index contributed by atoms with van der Waals surface area (Å²) >= 11 is 0. The van der Waals surface area contributed by atoms with Gasteiger partial charge < -0.3 is 25.8 Å². The van der Waals surface area contributed by atoms with Gasteiger partial charge in [-0.15, -0.1) is 0 Å². The van der Waals surface area contributed by atoms with E-state index in [0.29, 0.717) is 0 Å². The zero-order valence-corrected chi connectivity index (χ0v) is 14.2. The maximum Gasteiger partial charge on any atom is 0.312 e. The van der Waals surface area contributed by atoms with Gasteiger partial charge in [-0.1, -0.05) is 0 Å². The second-order valence-electron chi connectivity index (χ2n) is 5.42. The van der Waals surface area contributed by atoms with E-state index in [1.807, 2.05) is 0 Å². The molecule has 140 valence electrons. The third kappa shape index (κ3) is 6.05. The van der Waals surface area contributed by atoms with Crippen LogP contribution in [0.25, 0.3) is 0 Å². The van der Waals surface area contributed by atoms with Gasteiger partial charge in [-0.2, -0.15) is 0 Å². The van der Waals surface area contributed by atoms with Crippen LogP contribution in [-0.4, -0.2) is 55.0 Å². The average Bonchev–Trinajstić information content (AvgIpc) is 2.97. The topological polar surface area (TPSA) is 154 Å². The second kappa shape index (κ2) is 9.60. The predicted octanol–water partition coefficient (Wildman–Crippen LogP) is -1.63. The lowest BCUT2D eigenvalue weighted by Gasteiger charge is -2.24. The van der Waals surface area contributed by atoms with Crippen LogP contribution in [0.1, 0.15) is 33.1 Å². The van der Waals surface area contributed by atoms with Crippen LogP contribution in [0.4, 0.5) is 0 Å². The summed E-state index contributed by atoms with van der Waals surface area (Å²) in [6, 6.07) is -2.28. The molecular weight excluding hydrogens is 334 g/mol. The number of nitrogens with two attached hydrogens (primary N) is 1. The van der Waals surface area contributed by atoms with Gasteiger partial charge in [-0.3, -0.25) is 24.0 Å². The number of carbonyl (C=O) groups is 5. The number of amides is 3. The van der Waals surface area contributed by atoms with Crippen LogP contribution in [0.5, 0.6) is 0 Å². The summed E-state index contributed by atoms with van der Waals surface area (Å²) in [6.45, 7) is 3.27. The minimum absolute atomic E-state index is 0.0241. The summed E-state index contributed by atoms with van der Waals surface area (Å²) in [5, 5.41) is 4.77. The van der Waals surface area contributed by atoms with Crippen LogP contribution in [0, 0.1) is 5.92 Å². The fourth-order valence-corrected chi connectivity index (χ4v) is 2.42. The Hall–Kier alpha value is -2.65. The third-order valence-corrected chi connectivity index (χ3v) is 3.60. The number of nitrogens with one attached hydrogen (secondary N) is 2. The lowest BCUT2D eigenvalue weighted by molar-refractivity contribution is -0.157. The first-order chi connectivity index (χ1) is 11.8. The van der Waals surface area contributed by atoms with E-state index in [2.05, 4.69) is 10.6 Å². The van der Waals surface area contributed by atoms with Crippen LogP contribution in [0.2, 0.25) is 0 Å². The number of esters is 2. The molecule has 0 saturated carbocycles. The Balaban J connectivity index is 2.91. The number of ether oxygens (including phenoxy) is 2. The molecule has 0 aromatic carbocycles. The van der Waals surface area contributed by atoms with Crippen molar-refractivity contribution in [3.05, 3.63) is 0 Å². The number of hydrogen-bond acceptors (Lipinski definition) is 7. The van der Waals surface area contributed by atoms with Gasteiger partial charge in [0.15, 0.2) is 0 Å². The molecule has 0 aromatic rings. The van der Waals surface area contributed by atoms with Gasteiger partial charge in [0.2, 0.25) is 17.7 Å². The fourth-order valence-electron chi connectivity index (χ4n) is 2.42. The smallest absolute Gasteiger partial charge is 0.312 e. The maximum atomic E-state index is 12.2. The van der Waals surface area contributed by atoms with Crippen molar-refractivity contribution in [2.75, 3.05) is 13.2 Å². The molecule has 0 bridgehead atoms. The summed E-state index contributed by atoms with van der Waals surface area (Å²) < 4.78 is 9.64. The molecule has 0 aliphatic carbocycles. The van der Waals surface area contributed by atoms with Crippen molar-refractivity contribution in [1.82, 2.24) is 10.6 Å². The predicted molar refractivity (Wildman–Crippen MR) is 83.7 cm³/mol. The van der Waals surface area contributed by atoms with Crippen LogP contribution in [0.3, 0.4) is 0 Å². The first kappa shape index (κ1) is 20.4. The average molecular weight is 357 g/mol. The molecule has 0 spiro atoms. The molecule has 10 heteroatoms. The molecule has 1 aliphatic heterocycles. The van der Waals surface area contributed by atoms with Crippen LogP contribution in [0.15, 0.2) is 0 Å². The van der Waals surface area contributed by atoms with E-state index < -0.39 is 48.2 Å². The summed E-state index contributed by atoms with van der Waals surface area (Å²) in [7, 11) is 0. The largest absolute Gasteiger partial charge is 0.466 e. The van der Waals surface area contributed by atoms with E-state index in [0.717, 1.165) is 0 Å². The van der Waals surface area contributed by atoms with Gasteiger partial charge >= 0.3 is 11.9 Å². The minimum atomic E-state index is -1.46. The summed E-state index contributed by atoms with van der Waals surface area (Å²) in [4.78, 5) is 59.0. The standard InChI is InChI=1S/C15H23N3O7/c1-3-24-11(20)7-8(15(23)25-4-2)12(13(16)21)18-14(22)9-5-6-10(19)17-9/h8-9,12H,3-7H2,1-2H3,(H2,16,21)(H,17,19)(H,18,22)/t8-,9+,12+/m0/s1. The summed E-state index contributed by atoms with van der Waals surface area (Å²) in [6.07, 6.45) is -0.0286. The van der Waals surface area contributed by atoms with E-state index in [9.17, 15) is 24.0 Å². The zero-order valence-electron chi connectivity index (χ0n) is 14.2.